The fourth-order valence-corrected chi connectivity index (χ4v) is 4.80. The third-order valence-corrected chi connectivity index (χ3v) is 6.23. The summed E-state index contributed by atoms with van der Waals surface area (Å²) in [5.74, 6) is -0.505. The van der Waals surface area contributed by atoms with Crippen LogP contribution in [0.3, 0.4) is 0 Å². The first-order chi connectivity index (χ1) is 13.0. The summed E-state index contributed by atoms with van der Waals surface area (Å²) in [6.07, 6.45) is 1.68. The lowest BCUT2D eigenvalue weighted by Crippen LogP contribution is -3.14. The number of fused-ring (bicyclic) bond motifs is 1. The lowest BCUT2D eigenvalue weighted by molar-refractivity contribution is -0.899. The number of ketones is 1. The molecular weight excluding hydrogens is 362 g/mol. The SMILES string of the molecule is CCOC(=O)[C@H]1CCC[NH+](CC(=O)/C(C#N)=C2\Sc3ccccc3N2C)C1. The van der Waals surface area contributed by atoms with Gasteiger partial charge >= 0.3 is 5.97 Å². The molecule has 3 rings (SSSR count). The van der Waals surface area contributed by atoms with Gasteiger partial charge < -0.3 is 14.5 Å². The van der Waals surface area contributed by atoms with E-state index in [1.54, 1.807) is 6.92 Å². The Morgan fingerprint density at radius 1 is 1.41 bits per heavy atom. The number of quaternary nitrogens is 1. The lowest BCUT2D eigenvalue weighted by Gasteiger charge is -2.28. The number of Topliss-reactive ketones (excluding diaryl/α,β-unsaturated/α-hetero) is 1. The average molecular weight is 386 g/mol. The van der Waals surface area contributed by atoms with Gasteiger partial charge in [-0.05, 0) is 31.9 Å². The molecule has 0 saturated carbocycles. The second-order valence-corrected chi connectivity index (χ2v) is 7.85. The van der Waals surface area contributed by atoms with E-state index in [1.165, 1.54) is 11.8 Å². The molecule has 0 bridgehead atoms. The first-order valence-electron chi connectivity index (χ1n) is 9.23. The number of ether oxygens (including phenoxy) is 1. The minimum Gasteiger partial charge on any atom is -0.466 e. The summed E-state index contributed by atoms with van der Waals surface area (Å²) in [7, 11) is 1.88. The van der Waals surface area contributed by atoms with Gasteiger partial charge in [0.25, 0.3) is 0 Å². The van der Waals surface area contributed by atoms with E-state index in [-0.39, 0.29) is 29.8 Å². The monoisotopic (exact) mass is 386 g/mol. The van der Waals surface area contributed by atoms with Crippen molar-refractivity contribution in [1.29, 1.82) is 5.26 Å². The van der Waals surface area contributed by atoms with Crippen LogP contribution in [0.25, 0.3) is 0 Å². The number of nitriles is 1. The molecule has 2 heterocycles. The Kier molecular flexibility index (Phi) is 6.19. The number of esters is 1. The van der Waals surface area contributed by atoms with Crippen molar-refractivity contribution in [3.8, 4) is 6.07 Å². The van der Waals surface area contributed by atoms with Crippen molar-refractivity contribution in [3.05, 3.63) is 34.9 Å². The van der Waals surface area contributed by atoms with Gasteiger partial charge in [0.2, 0.25) is 5.78 Å². The number of anilines is 1. The van der Waals surface area contributed by atoms with Gasteiger partial charge in [0.1, 0.15) is 29.1 Å². The van der Waals surface area contributed by atoms with Crippen LogP contribution in [0, 0.1) is 17.2 Å². The Balaban J connectivity index is 1.71. The van der Waals surface area contributed by atoms with Crippen LogP contribution in [-0.2, 0) is 14.3 Å². The number of rotatable bonds is 5. The van der Waals surface area contributed by atoms with Crippen molar-refractivity contribution < 1.29 is 19.2 Å². The number of hydrogen-bond acceptors (Lipinski definition) is 6. The Bertz CT molecular complexity index is 815. The van der Waals surface area contributed by atoms with Gasteiger partial charge in [0, 0.05) is 11.9 Å². The van der Waals surface area contributed by atoms with Crippen molar-refractivity contribution in [2.45, 2.75) is 24.7 Å². The third kappa shape index (κ3) is 4.18. The molecule has 1 fully saturated rings. The molecule has 0 spiro atoms. The van der Waals surface area contributed by atoms with Crippen LogP contribution in [0.2, 0.25) is 0 Å². The standard InChI is InChI=1S/C20H23N3O3S/c1-3-26-20(25)14-7-6-10-23(12-14)13-17(24)15(11-21)19-22(2)16-8-4-5-9-18(16)27-19/h4-5,8-9,14H,3,6-7,10,12-13H2,1-2H3/p+1/b19-15-/t14-/m0/s1. The summed E-state index contributed by atoms with van der Waals surface area (Å²) in [5.41, 5.74) is 1.20. The zero-order valence-electron chi connectivity index (χ0n) is 15.7. The van der Waals surface area contributed by atoms with Crippen LogP contribution in [0.5, 0.6) is 0 Å². The minimum absolute atomic E-state index is 0.160. The van der Waals surface area contributed by atoms with Crippen molar-refractivity contribution in [1.82, 2.24) is 0 Å². The van der Waals surface area contributed by atoms with Gasteiger partial charge in [-0.3, -0.25) is 9.59 Å². The minimum atomic E-state index is -0.178. The fourth-order valence-electron chi connectivity index (χ4n) is 3.64. The maximum absolute atomic E-state index is 12.9. The molecule has 2 atom stereocenters. The van der Waals surface area contributed by atoms with Crippen molar-refractivity contribution >= 4 is 29.2 Å². The normalized spacial score (nSPS) is 23.4. The van der Waals surface area contributed by atoms with Gasteiger partial charge in [-0.25, -0.2) is 0 Å². The van der Waals surface area contributed by atoms with E-state index in [9.17, 15) is 14.9 Å². The number of nitrogens with one attached hydrogen (secondary N) is 1. The van der Waals surface area contributed by atoms with Crippen molar-refractivity contribution in [2.75, 3.05) is 38.2 Å². The molecule has 1 aromatic carbocycles. The number of para-hydroxylation sites is 1. The highest BCUT2D eigenvalue weighted by atomic mass is 32.2. The van der Waals surface area contributed by atoms with Gasteiger partial charge in [-0.1, -0.05) is 23.9 Å². The molecule has 1 N–H and O–H groups in total. The Labute approximate surface area is 163 Å². The molecule has 7 heteroatoms. The molecule has 6 nitrogen and oxygen atoms in total. The van der Waals surface area contributed by atoms with E-state index < -0.39 is 0 Å². The topological polar surface area (TPSA) is 74.8 Å². The number of hydrogen-bond donors (Lipinski definition) is 1. The van der Waals surface area contributed by atoms with E-state index in [2.05, 4.69) is 6.07 Å². The predicted molar refractivity (Wildman–Crippen MR) is 103 cm³/mol. The second kappa shape index (κ2) is 8.59. The molecule has 1 unspecified atom stereocenters. The van der Waals surface area contributed by atoms with Crippen molar-refractivity contribution in [2.24, 2.45) is 5.92 Å². The van der Waals surface area contributed by atoms with E-state index in [1.807, 2.05) is 36.2 Å². The highest BCUT2D eigenvalue weighted by molar-refractivity contribution is 8.03. The van der Waals surface area contributed by atoms with Gasteiger partial charge in [-0.15, -0.1) is 0 Å². The van der Waals surface area contributed by atoms with E-state index >= 15 is 0 Å². The smallest absolute Gasteiger partial charge is 0.314 e. The molecular formula is C20H24N3O3S+. The fraction of sp³-hybridized carbons (Fsp3) is 0.450. The van der Waals surface area contributed by atoms with Crippen LogP contribution in [0.15, 0.2) is 39.8 Å². The highest BCUT2D eigenvalue weighted by Gasteiger charge is 2.33. The molecule has 1 aromatic rings. The van der Waals surface area contributed by atoms with Crippen LogP contribution < -0.4 is 9.80 Å². The quantitative estimate of drug-likeness (QED) is 0.468. The predicted octanol–water partition coefficient (Wildman–Crippen LogP) is 1.39. The highest BCUT2D eigenvalue weighted by Crippen LogP contribution is 2.45. The molecule has 1 saturated heterocycles. The lowest BCUT2D eigenvalue weighted by atomic mass is 9.97. The van der Waals surface area contributed by atoms with E-state index in [0.717, 1.165) is 34.9 Å². The molecule has 2 aliphatic rings. The number of piperidine rings is 1. The number of nitrogens with zero attached hydrogens (tertiary/aromatic N) is 2. The summed E-state index contributed by atoms with van der Waals surface area (Å²) >= 11 is 1.46. The van der Waals surface area contributed by atoms with E-state index in [4.69, 9.17) is 4.74 Å². The molecule has 2 aliphatic heterocycles. The van der Waals surface area contributed by atoms with Gasteiger partial charge in [-0.2, -0.15) is 5.26 Å². The number of carbonyl (C=O) groups is 2. The zero-order valence-corrected chi connectivity index (χ0v) is 16.5. The van der Waals surface area contributed by atoms with Crippen molar-refractivity contribution in [3.63, 3.8) is 0 Å². The van der Waals surface area contributed by atoms with Crippen LogP contribution in [-0.4, -0.2) is 45.0 Å². The number of likely N-dealkylation sites (tertiary alicyclic amines) is 1. The number of carbonyl (C=O) groups excluding carboxylic acids is 2. The Hall–Kier alpha value is -2.30. The van der Waals surface area contributed by atoms with Gasteiger partial charge in [0.05, 0.1) is 25.4 Å². The summed E-state index contributed by atoms with van der Waals surface area (Å²) in [5, 5.41) is 10.3. The molecule has 0 amide bonds. The maximum atomic E-state index is 12.9. The molecule has 0 aromatic heterocycles. The molecule has 0 aliphatic carbocycles. The van der Waals surface area contributed by atoms with E-state index in [0.29, 0.717) is 18.2 Å². The zero-order chi connectivity index (χ0) is 19.4. The number of benzene rings is 1. The summed E-state index contributed by atoms with van der Waals surface area (Å²) < 4.78 is 5.13. The molecule has 0 radical (unpaired) electrons. The summed E-state index contributed by atoms with van der Waals surface area (Å²) in [6.45, 7) is 3.82. The first-order valence-corrected chi connectivity index (χ1v) is 10.0. The largest absolute Gasteiger partial charge is 0.466 e. The first kappa shape index (κ1) is 19.5. The molecule has 142 valence electrons. The average Bonchev–Trinajstić information content (AvgIpc) is 3.00. The molecule has 27 heavy (non-hydrogen) atoms. The number of thioether (sulfide) groups is 1. The third-order valence-electron chi connectivity index (χ3n) is 4.99. The summed E-state index contributed by atoms with van der Waals surface area (Å²) in [6, 6.07) is 9.98. The van der Waals surface area contributed by atoms with Gasteiger partial charge in [0.15, 0.2) is 0 Å². The van der Waals surface area contributed by atoms with Crippen LogP contribution >= 0.6 is 11.8 Å². The Morgan fingerprint density at radius 2 is 2.19 bits per heavy atom. The Morgan fingerprint density at radius 3 is 2.89 bits per heavy atom. The summed E-state index contributed by atoms with van der Waals surface area (Å²) in [4.78, 5) is 28.9. The maximum Gasteiger partial charge on any atom is 0.314 e. The van der Waals surface area contributed by atoms with Crippen LogP contribution in [0.1, 0.15) is 19.8 Å². The van der Waals surface area contributed by atoms with Crippen LogP contribution in [0.4, 0.5) is 5.69 Å². The second-order valence-electron chi connectivity index (χ2n) is 6.82.